The van der Waals surface area contributed by atoms with Gasteiger partial charge in [-0.2, -0.15) is 26.3 Å². The van der Waals surface area contributed by atoms with Crippen LogP contribution in [-0.2, 0) is 0 Å². The topological polar surface area (TPSA) is 0 Å². The monoisotopic (exact) mass is 353 g/mol. The van der Waals surface area contributed by atoms with E-state index in [1.54, 1.807) is 13.8 Å². The van der Waals surface area contributed by atoms with E-state index in [4.69, 9.17) is 0 Å². The Labute approximate surface area is 122 Å². The van der Waals surface area contributed by atoms with Gasteiger partial charge in [-0.15, -0.1) is 0 Å². The van der Waals surface area contributed by atoms with Gasteiger partial charge in [-0.3, -0.25) is 0 Å². The van der Waals surface area contributed by atoms with E-state index in [1.165, 1.54) is 0 Å². The predicted octanol–water partition coefficient (Wildman–Crippen LogP) is 5.05. The largest absolute Gasteiger partial charge is 0.673 e. The Morgan fingerprint density at radius 2 is 0.909 bits per heavy atom. The lowest BCUT2D eigenvalue weighted by molar-refractivity contribution is -0.946. The number of alkyl halides is 6. The lowest BCUT2D eigenvalue weighted by Crippen LogP contribution is -2.58. The average Bonchev–Trinajstić information content (AvgIpc) is 2.08. The maximum absolute atomic E-state index is 12.4. The van der Waals surface area contributed by atoms with Crippen LogP contribution in [0.2, 0.25) is 0 Å². The highest BCUT2D eigenvalue weighted by molar-refractivity contribution is 6.50. The Morgan fingerprint density at radius 3 is 1.05 bits per heavy atom. The Balaban J connectivity index is 0. The molecule has 0 heterocycles. The van der Waals surface area contributed by atoms with E-state index >= 15 is 0 Å². The molecule has 0 saturated heterocycles. The van der Waals surface area contributed by atoms with Crippen molar-refractivity contribution in [3.8, 4) is 0 Å². The molecule has 0 radical (unpaired) electrons. The molecule has 22 heavy (non-hydrogen) atoms. The molecule has 0 rings (SSSR count). The van der Waals surface area contributed by atoms with Crippen molar-refractivity contribution in [2.45, 2.75) is 39.0 Å². The molecule has 0 aromatic rings. The molecule has 12 heteroatoms. The summed E-state index contributed by atoms with van der Waals surface area (Å²) < 4.78 is 112. The molecule has 0 amide bonds. The minimum atomic E-state index is -6.00. The van der Waals surface area contributed by atoms with Gasteiger partial charge in [0.15, 0.2) is 13.1 Å². The molecular formula is C10H18BF10N. The first-order valence-corrected chi connectivity index (χ1v) is 6.39. The number of hydrogen-bond donors (Lipinski definition) is 0. The third-order valence-corrected chi connectivity index (χ3v) is 2.43. The van der Waals surface area contributed by atoms with Gasteiger partial charge in [0.2, 0.25) is 0 Å². The van der Waals surface area contributed by atoms with Gasteiger partial charge in [-0.25, -0.2) is 0 Å². The second-order valence-electron chi connectivity index (χ2n) is 4.83. The van der Waals surface area contributed by atoms with Crippen LogP contribution in [0, 0.1) is 0 Å². The zero-order valence-corrected chi connectivity index (χ0v) is 12.0. The summed E-state index contributed by atoms with van der Waals surface area (Å²) in [4.78, 5) is 0. The summed E-state index contributed by atoms with van der Waals surface area (Å²) in [6.45, 7) is 0.160. The van der Waals surface area contributed by atoms with E-state index in [-0.39, 0.29) is 13.1 Å². The SMILES string of the molecule is CCC[N+](CCC)(CC(F)(F)F)CC(F)(F)F.F[B-](F)(F)F. The minimum Gasteiger partial charge on any atom is -0.418 e. The molecule has 0 aromatic carbocycles. The third kappa shape index (κ3) is 17.4. The normalized spacial score (nSPS) is 13.6. The van der Waals surface area contributed by atoms with Crippen LogP contribution in [0.1, 0.15) is 26.7 Å². The van der Waals surface area contributed by atoms with Crippen molar-refractivity contribution >= 4 is 7.25 Å². The zero-order chi connectivity index (χ0) is 18.2. The Morgan fingerprint density at radius 1 is 0.682 bits per heavy atom. The summed E-state index contributed by atoms with van der Waals surface area (Å²) in [5.41, 5.74) is 0. The van der Waals surface area contributed by atoms with Gasteiger partial charge < -0.3 is 21.7 Å². The van der Waals surface area contributed by atoms with Crippen molar-refractivity contribution in [3.05, 3.63) is 0 Å². The second kappa shape index (κ2) is 8.83. The van der Waals surface area contributed by atoms with Crippen LogP contribution < -0.4 is 0 Å². The maximum Gasteiger partial charge on any atom is 0.673 e. The van der Waals surface area contributed by atoms with Crippen LogP contribution in [-0.4, -0.2) is 50.3 Å². The fourth-order valence-electron chi connectivity index (χ4n) is 2.19. The molecule has 136 valence electrons. The molecule has 0 aliphatic heterocycles. The Hall–Kier alpha value is -0.675. The Kier molecular flexibility index (Phi) is 9.46. The summed E-state index contributed by atoms with van der Waals surface area (Å²) in [6, 6.07) is 0. The van der Waals surface area contributed by atoms with Crippen molar-refractivity contribution in [1.82, 2.24) is 0 Å². The highest BCUT2D eigenvalue weighted by atomic mass is 19.5. The van der Waals surface area contributed by atoms with Crippen LogP contribution in [0.4, 0.5) is 43.6 Å². The van der Waals surface area contributed by atoms with E-state index in [2.05, 4.69) is 0 Å². The molecule has 0 unspecified atom stereocenters. The van der Waals surface area contributed by atoms with Gasteiger partial charge in [-0.05, 0) is 12.8 Å². The lowest BCUT2D eigenvalue weighted by Gasteiger charge is -2.39. The fourth-order valence-corrected chi connectivity index (χ4v) is 2.19. The van der Waals surface area contributed by atoms with Gasteiger partial charge in [0, 0.05) is 0 Å². The molecule has 0 N–H and O–H groups in total. The summed E-state index contributed by atoms with van der Waals surface area (Å²) >= 11 is 0. The molecule has 0 aliphatic carbocycles. The minimum absolute atomic E-state index is 0.104. The quantitative estimate of drug-likeness (QED) is 0.356. The molecule has 0 aliphatic rings. The molecule has 0 bridgehead atoms. The molecule has 0 saturated carbocycles. The first-order chi connectivity index (χ1) is 9.54. The zero-order valence-electron chi connectivity index (χ0n) is 12.0. The number of nitrogens with zero attached hydrogens (tertiary/aromatic N) is 1. The molecule has 0 fully saturated rings. The van der Waals surface area contributed by atoms with Gasteiger partial charge in [-0.1, -0.05) is 13.8 Å². The van der Waals surface area contributed by atoms with Crippen molar-refractivity contribution in [2.75, 3.05) is 26.2 Å². The summed E-state index contributed by atoms with van der Waals surface area (Å²) in [7, 11) is -6.00. The first-order valence-electron chi connectivity index (χ1n) is 6.39. The van der Waals surface area contributed by atoms with Gasteiger partial charge in [0.1, 0.15) is 0 Å². The standard InChI is InChI=1S/C10H18F6N.BF4/c1-3-5-17(6-4-2,7-9(11,12)13)8-10(14,15)16;2-1(3,4)5/h3-8H2,1-2H3;/q+1;-1. The van der Waals surface area contributed by atoms with Crippen LogP contribution >= 0.6 is 0 Å². The summed E-state index contributed by atoms with van der Waals surface area (Å²) in [5, 5.41) is 0. The number of rotatable bonds is 6. The fraction of sp³-hybridized carbons (Fsp3) is 1.00. The second-order valence-corrected chi connectivity index (χ2v) is 4.83. The average molecular weight is 353 g/mol. The number of quaternary nitrogens is 1. The van der Waals surface area contributed by atoms with Gasteiger partial charge >= 0.3 is 19.6 Å². The van der Waals surface area contributed by atoms with Crippen molar-refractivity contribution in [3.63, 3.8) is 0 Å². The highest BCUT2D eigenvalue weighted by Crippen LogP contribution is 2.28. The van der Waals surface area contributed by atoms with Gasteiger partial charge in [0.25, 0.3) is 0 Å². The highest BCUT2D eigenvalue weighted by Gasteiger charge is 2.47. The molecular weight excluding hydrogens is 335 g/mol. The van der Waals surface area contributed by atoms with E-state index in [0.717, 1.165) is 0 Å². The van der Waals surface area contributed by atoms with Crippen LogP contribution in [0.25, 0.3) is 0 Å². The Bertz CT molecular complexity index is 266. The van der Waals surface area contributed by atoms with E-state index in [1.807, 2.05) is 0 Å². The van der Waals surface area contributed by atoms with Crippen LogP contribution in [0.15, 0.2) is 0 Å². The van der Waals surface area contributed by atoms with Crippen molar-refractivity contribution < 1.29 is 48.1 Å². The third-order valence-electron chi connectivity index (χ3n) is 2.43. The number of halogens is 10. The predicted molar refractivity (Wildman–Crippen MR) is 62.6 cm³/mol. The van der Waals surface area contributed by atoms with E-state index < -0.39 is 37.2 Å². The van der Waals surface area contributed by atoms with Crippen LogP contribution in [0.3, 0.4) is 0 Å². The van der Waals surface area contributed by atoms with Crippen molar-refractivity contribution in [2.24, 2.45) is 0 Å². The molecule has 1 nitrogen and oxygen atoms in total. The van der Waals surface area contributed by atoms with Crippen molar-refractivity contribution in [1.29, 1.82) is 0 Å². The van der Waals surface area contributed by atoms with Crippen LogP contribution in [0.5, 0.6) is 0 Å². The summed E-state index contributed by atoms with van der Waals surface area (Å²) in [5.74, 6) is 0. The first kappa shape index (κ1) is 23.6. The molecule has 0 aromatic heterocycles. The van der Waals surface area contributed by atoms with Gasteiger partial charge in [0.05, 0.1) is 13.1 Å². The number of hydrogen-bond acceptors (Lipinski definition) is 0. The lowest BCUT2D eigenvalue weighted by atomic mass is 10.2. The molecule has 0 spiro atoms. The van der Waals surface area contributed by atoms with E-state index in [0.29, 0.717) is 12.8 Å². The molecule has 0 atom stereocenters. The van der Waals surface area contributed by atoms with E-state index in [9.17, 15) is 43.6 Å². The smallest absolute Gasteiger partial charge is 0.418 e. The summed E-state index contributed by atoms with van der Waals surface area (Å²) in [6.07, 6.45) is -8.55. The maximum atomic E-state index is 12.4.